The minimum atomic E-state index is -0.974. The van der Waals surface area contributed by atoms with Crippen molar-refractivity contribution in [2.75, 3.05) is 0 Å². The summed E-state index contributed by atoms with van der Waals surface area (Å²) in [7, 11) is 0. The largest absolute Gasteiger partial charge is 0.480 e. The quantitative estimate of drug-likeness (QED) is 0.744. The molecular weight excluding hydrogens is 296 g/mol. The number of rotatable bonds is 4. The van der Waals surface area contributed by atoms with Gasteiger partial charge in [0, 0.05) is 6.42 Å². The molecule has 0 radical (unpaired) electrons. The summed E-state index contributed by atoms with van der Waals surface area (Å²) in [5.74, 6) is 0.141. The topological polar surface area (TPSA) is 94.0 Å². The highest BCUT2D eigenvalue weighted by Crippen LogP contribution is 2.28. The highest BCUT2D eigenvalue weighted by Gasteiger charge is 2.20. The zero-order chi connectivity index (χ0) is 15.0. The smallest absolute Gasteiger partial charge is 0.323 e. The Morgan fingerprint density at radius 1 is 1.43 bits per heavy atom. The van der Waals surface area contributed by atoms with E-state index in [0.717, 1.165) is 0 Å². The van der Waals surface area contributed by atoms with Crippen LogP contribution in [0.3, 0.4) is 0 Å². The zero-order valence-corrected chi connectivity index (χ0v) is 11.8. The maximum atomic E-state index is 11.0. The Hall–Kier alpha value is -2.41. The number of carbonyl (C=O) groups is 1. The third kappa shape index (κ3) is 2.36. The van der Waals surface area contributed by atoms with Gasteiger partial charge >= 0.3 is 5.97 Å². The Bertz CT molecular complexity index is 811. The first kappa shape index (κ1) is 13.6. The third-order valence-corrected chi connectivity index (χ3v) is 3.18. The fraction of sp³-hybridized carbons (Fsp3) is 0.231. The lowest BCUT2D eigenvalue weighted by molar-refractivity contribution is -0.137. The van der Waals surface area contributed by atoms with E-state index in [9.17, 15) is 4.79 Å². The van der Waals surface area contributed by atoms with E-state index in [2.05, 4.69) is 15.0 Å². The molecule has 0 spiro atoms. The lowest BCUT2D eigenvalue weighted by atomic mass is 10.3. The minimum absolute atomic E-state index is 0.0168. The van der Waals surface area contributed by atoms with E-state index in [1.807, 2.05) is 6.92 Å². The van der Waals surface area contributed by atoms with Gasteiger partial charge in [-0.25, -0.2) is 9.97 Å². The molecular formula is C13H11ClN4O3. The highest BCUT2D eigenvalue weighted by atomic mass is 35.5. The van der Waals surface area contributed by atoms with Gasteiger partial charge in [-0.1, -0.05) is 6.92 Å². The van der Waals surface area contributed by atoms with Crippen LogP contribution in [-0.4, -0.2) is 30.6 Å². The van der Waals surface area contributed by atoms with Gasteiger partial charge in [0.05, 0.1) is 6.26 Å². The van der Waals surface area contributed by atoms with Crippen LogP contribution in [0.4, 0.5) is 0 Å². The van der Waals surface area contributed by atoms with E-state index in [1.54, 1.807) is 12.1 Å². The first-order chi connectivity index (χ1) is 10.1. The van der Waals surface area contributed by atoms with Crippen molar-refractivity contribution in [2.24, 2.45) is 0 Å². The van der Waals surface area contributed by atoms with E-state index in [0.29, 0.717) is 34.9 Å². The van der Waals surface area contributed by atoms with Gasteiger partial charge in [0.1, 0.15) is 23.6 Å². The molecule has 0 aliphatic rings. The van der Waals surface area contributed by atoms with Gasteiger partial charge in [0.2, 0.25) is 5.28 Å². The van der Waals surface area contributed by atoms with Gasteiger partial charge in [0.15, 0.2) is 11.4 Å². The highest BCUT2D eigenvalue weighted by molar-refractivity contribution is 6.28. The molecule has 108 valence electrons. The fourth-order valence-electron chi connectivity index (χ4n) is 2.18. The van der Waals surface area contributed by atoms with Gasteiger partial charge in [-0.15, -0.1) is 0 Å². The van der Waals surface area contributed by atoms with Crippen molar-refractivity contribution in [3.8, 4) is 11.5 Å². The van der Waals surface area contributed by atoms with Crippen LogP contribution in [-0.2, 0) is 17.8 Å². The van der Waals surface area contributed by atoms with Crippen molar-refractivity contribution >= 4 is 28.7 Å². The first-order valence-corrected chi connectivity index (χ1v) is 6.66. The molecule has 0 aromatic carbocycles. The summed E-state index contributed by atoms with van der Waals surface area (Å²) in [6, 6.07) is 3.46. The lowest BCUT2D eigenvalue weighted by Crippen LogP contribution is -2.12. The molecule has 0 fully saturated rings. The lowest BCUT2D eigenvalue weighted by Gasteiger charge is -2.04. The summed E-state index contributed by atoms with van der Waals surface area (Å²) in [5.41, 5.74) is 1.32. The van der Waals surface area contributed by atoms with Gasteiger partial charge in [0.25, 0.3) is 0 Å². The Labute approximate surface area is 124 Å². The number of aliphatic carboxylic acids is 1. The van der Waals surface area contributed by atoms with Crippen LogP contribution in [0.15, 0.2) is 22.8 Å². The standard InChI is InChI=1S/C13H11ClN4O3/c1-2-8-15-11-10(7-4-3-5-21-7)16-13(14)17-12(11)18(8)6-9(19)20/h3-5H,2,6H2,1H3,(H,19,20). The van der Waals surface area contributed by atoms with Gasteiger partial charge < -0.3 is 14.1 Å². The molecule has 3 heterocycles. The number of carboxylic acid groups (broad SMARTS) is 1. The summed E-state index contributed by atoms with van der Waals surface area (Å²) >= 11 is 5.95. The molecule has 8 heteroatoms. The van der Waals surface area contributed by atoms with Crippen LogP contribution >= 0.6 is 11.6 Å². The molecule has 0 amide bonds. The second kappa shape index (κ2) is 5.17. The molecule has 0 atom stereocenters. The molecule has 0 saturated heterocycles. The Kier molecular flexibility index (Phi) is 3.34. The predicted octanol–water partition coefficient (Wildman–Crippen LogP) is 2.39. The van der Waals surface area contributed by atoms with Crippen LogP contribution in [0.2, 0.25) is 5.28 Å². The number of hydrogen-bond acceptors (Lipinski definition) is 5. The second-order valence-corrected chi connectivity index (χ2v) is 4.69. The van der Waals surface area contributed by atoms with Crippen molar-refractivity contribution in [1.29, 1.82) is 0 Å². The molecule has 0 saturated carbocycles. The molecule has 0 aliphatic heterocycles. The van der Waals surface area contributed by atoms with Crippen molar-refractivity contribution < 1.29 is 14.3 Å². The van der Waals surface area contributed by atoms with Crippen molar-refractivity contribution in [1.82, 2.24) is 19.5 Å². The Morgan fingerprint density at radius 2 is 2.24 bits per heavy atom. The summed E-state index contributed by atoms with van der Waals surface area (Å²) < 4.78 is 6.86. The molecule has 1 N–H and O–H groups in total. The molecule has 21 heavy (non-hydrogen) atoms. The zero-order valence-electron chi connectivity index (χ0n) is 11.1. The summed E-state index contributed by atoms with van der Waals surface area (Å²) in [6.45, 7) is 1.66. The van der Waals surface area contributed by atoms with Crippen LogP contribution < -0.4 is 0 Å². The van der Waals surface area contributed by atoms with Gasteiger partial charge in [-0.2, -0.15) is 4.98 Å². The number of aryl methyl sites for hydroxylation is 1. The number of aromatic nitrogens is 4. The predicted molar refractivity (Wildman–Crippen MR) is 75.0 cm³/mol. The van der Waals surface area contributed by atoms with E-state index in [-0.39, 0.29) is 11.8 Å². The van der Waals surface area contributed by atoms with E-state index in [4.69, 9.17) is 21.1 Å². The molecule has 3 aromatic rings. The number of imidazole rings is 1. The normalized spacial score (nSPS) is 11.1. The fourth-order valence-corrected chi connectivity index (χ4v) is 2.34. The maximum absolute atomic E-state index is 11.0. The number of carboxylic acids is 1. The van der Waals surface area contributed by atoms with Crippen LogP contribution in [0.5, 0.6) is 0 Å². The van der Waals surface area contributed by atoms with Crippen molar-refractivity contribution in [2.45, 2.75) is 19.9 Å². The first-order valence-electron chi connectivity index (χ1n) is 6.28. The minimum Gasteiger partial charge on any atom is -0.480 e. The van der Waals surface area contributed by atoms with E-state index in [1.165, 1.54) is 10.8 Å². The Morgan fingerprint density at radius 3 is 2.86 bits per heavy atom. The van der Waals surface area contributed by atoms with E-state index < -0.39 is 5.97 Å². The average molecular weight is 307 g/mol. The van der Waals surface area contributed by atoms with Crippen molar-refractivity contribution in [3.05, 3.63) is 29.5 Å². The monoisotopic (exact) mass is 306 g/mol. The third-order valence-electron chi connectivity index (χ3n) is 3.01. The van der Waals surface area contributed by atoms with Crippen LogP contribution in [0, 0.1) is 0 Å². The summed E-state index contributed by atoms with van der Waals surface area (Å²) in [6.07, 6.45) is 2.09. The molecule has 7 nitrogen and oxygen atoms in total. The number of nitrogens with zero attached hydrogens (tertiary/aromatic N) is 4. The van der Waals surface area contributed by atoms with Crippen LogP contribution in [0.25, 0.3) is 22.6 Å². The molecule has 0 bridgehead atoms. The van der Waals surface area contributed by atoms with Gasteiger partial charge in [-0.3, -0.25) is 4.79 Å². The van der Waals surface area contributed by atoms with E-state index >= 15 is 0 Å². The Balaban J connectivity index is 2.31. The molecule has 3 rings (SSSR count). The molecule has 3 aromatic heterocycles. The van der Waals surface area contributed by atoms with Crippen molar-refractivity contribution in [3.63, 3.8) is 0 Å². The molecule has 0 unspecified atom stereocenters. The average Bonchev–Trinajstić information content (AvgIpc) is 3.06. The maximum Gasteiger partial charge on any atom is 0.323 e. The number of fused-ring (bicyclic) bond motifs is 1. The number of hydrogen-bond donors (Lipinski definition) is 1. The van der Waals surface area contributed by atoms with Crippen LogP contribution in [0.1, 0.15) is 12.7 Å². The molecule has 0 aliphatic carbocycles. The summed E-state index contributed by atoms with van der Waals surface area (Å²) in [4.78, 5) is 23.7. The number of furan rings is 1. The second-order valence-electron chi connectivity index (χ2n) is 4.35. The van der Waals surface area contributed by atoms with Gasteiger partial charge in [-0.05, 0) is 23.7 Å². The number of halogens is 1. The summed E-state index contributed by atoms with van der Waals surface area (Å²) in [5, 5.41) is 9.06. The SMILES string of the molecule is CCc1nc2c(-c3ccco3)nc(Cl)nc2n1CC(=O)O.